The first-order chi connectivity index (χ1) is 17.5. The lowest BCUT2D eigenvalue weighted by Gasteiger charge is -2.11. The highest BCUT2D eigenvalue weighted by atomic mass is 15.1. The first kappa shape index (κ1) is 23.2. The summed E-state index contributed by atoms with van der Waals surface area (Å²) in [6, 6.07) is 26.9. The molecule has 0 aliphatic rings. The Balaban J connectivity index is 0.000000148. The number of hydrogen-bond acceptors (Lipinski definition) is 4. The van der Waals surface area contributed by atoms with Crippen LogP contribution in [0.1, 0.15) is 5.56 Å². The highest BCUT2D eigenvalue weighted by Crippen LogP contribution is 2.22. The van der Waals surface area contributed by atoms with Gasteiger partial charge in [0, 0.05) is 80.6 Å². The fourth-order valence-electron chi connectivity index (χ4n) is 4.00. The zero-order valence-corrected chi connectivity index (χ0v) is 21.1. The molecule has 0 fully saturated rings. The highest BCUT2D eigenvalue weighted by molar-refractivity contribution is 5.66. The molecule has 6 aromatic rings. The summed E-state index contributed by atoms with van der Waals surface area (Å²) < 4.78 is 4.09. The van der Waals surface area contributed by atoms with Crippen molar-refractivity contribution < 1.29 is 0 Å². The van der Waals surface area contributed by atoms with Crippen LogP contribution in [0.25, 0.3) is 33.8 Å². The molecule has 6 rings (SSSR count). The van der Waals surface area contributed by atoms with Crippen molar-refractivity contribution in [2.45, 2.75) is 6.92 Å². The monoisotopic (exact) mass is 474 g/mol. The number of hydrogen-bond donors (Lipinski definition) is 1. The third kappa shape index (κ3) is 4.93. The molecule has 180 valence electrons. The van der Waals surface area contributed by atoms with Crippen molar-refractivity contribution in [1.29, 1.82) is 0 Å². The molecular weight excluding hydrogens is 444 g/mol. The van der Waals surface area contributed by atoms with Crippen molar-refractivity contribution >= 4 is 22.7 Å². The zero-order chi connectivity index (χ0) is 25.1. The number of pyridine rings is 2. The quantitative estimate of drug-likeness (QED) is 0.320. The van der Waals surface area contributed by atoms with Crippen LogP contribution in [0.15, 0.2) is 104 Å². The lowest BCUT2D eigenvalue weighted by Crippen LogP contribution is -2.08. The van der Waals surface area contributed by atoms with Gasteiger partial charge in [0.05, 0.1) is 11.4 Å². The molecule has 4 aromatic heterocycles. The summed E-state index contributed by atoms with van der Waals surface area (Å²) in [4.78, 5) is 11.4. The van der Waals surface area contributed by atoms with E-state index in [0.29, 0.717) is 0 Å². The maximum atomic E-state index is 4.66. The summed E-state index contributed by atoms with van der Waals surface area (Å²) in [5.41, 5.74) is 9.73. The van der Waals surface area contributed by atoms with Gasteiger partial charge >= 0.3 is 0 Å². The van der Waals surface area contributed by atoms with Gasteiger partial charge < -0.3 is 19.0 Å². The largest absolute Gasteiger partial charge is 0.388 e. The Morgan fingerprint density at radius 3 is 1.89 bits per heavy atom. The van der Waals surface area contributed by atoms with E-state index in [-0.39, 0.29) is 0 Å². The van der Waals surface area contributed by atoms with Crippen molar-refractivity contribution in [2.24, 2.45) is 0 Å². The van der Waals surface area contributed by atoms with Gasteiger partial charge in [-0.25, -0.2) is 9.97 Å². The molecule has 36 heavy (non-hydrogen) atoms. The molecule has 0 unspecified atom stereocenters. The van der Waals surface area contributed by atoms with Crippen LogP contribution < -0.4 is 10.2 Å². The average molecular weight is 475 g/mol. The topological polar surface area (TPSA) is 49.9 Å². The molecule has 0 spiro atoms. The first-order valence-corrected chi connectivity index (χ1v) is 12.0. The lowest BCUT2D eigenvalue weighted by atomic mass is 10.1. The van der Waals surface area contributed by atoms with Crippen LogP contribution in [0.5, 0.6) is 0 Å². The maximum absolute atomic E-state index is 4.66. The first-order valence-electron chi connectivity index (χ1n) is 12.0. The molecule has 0 aliphatic heterocycles. The van der Waals surface area contributed by atoms with Crippen LogP contribution in [0.2, 0.25) is 0 Å². The second-order valence-electron chi connectivity index (χ2n) is 8.96. The Kier molecular flexibility index (Phi) is 6.41. The van der Waals surface area contributed by atoms with E-state index < -0.39 is 0 Å². The van der Waals surface area contributed by atoms with Crippen molar-refractivity contribution in [1.82, 2.24) is 18.8 Å². The number of aryl methyl sites for hydroxylation is 1. The summed E-state index contributed by atoms with van der Waals surface area (Å²) in [5, 5.41) is 3.12. The molecule has 2 aromatic carbocycles. The summed E-state index contributed by atoms with van der Waals surface area (Å²) in [7, 11) is 5.98. The Bertz CT molecular complexity index is 1590. The van der Waals surface area contributed by atoms with Gasteiger partial charge in [0.15, 0.2) is 0 Å². The second kappa shape index (κ2) is 9.96. The van der Waals surface area contributed by atoms with Crippen LogP contribution in [0, 0.1) is 6.92 Å². The van der Waals surface area contributed by atoms with Crippen LogP contribution in [-0.4, -0.2) is 39.9 Å². The minimum atomic E-state index is 0.956. The van der Waals surface area contributed by atoms with E-state index in [2.05, 4.69) is 92.4 Å². The summed E-state index contributed by atoms with van der Waals surface area (Å²) in [5.74, 6) is 0. The third-order valence-corrected chi connectivity index (χ3v) is 6.13. The molecule has 0 atom stereocenters. The molecule has 0 saturated carbocycles. The van der Waals surface area contributed by atoms with E-state index >= 15 is 0 Å². The van der Waals surface area contributed by atoms with E-state index in [1.807, 2.05) is 68.3 Å². The summed E-state index contributed by atoms with van der Waals surface area (Å²) in [6.07, 6.45) is 8.18. The molecule has 0 bridgehead atoms. The van der Waals surface area contributed by atoms with Crippen molar-refractivity contribution in [2.75, 3.05) is 31.4 Å². The molecule has 0 radical (unpaired) electrons. The minimum absolute atomic E-state index is 0.956. The highest BCUT2D eigenvalue weighted by Gasteiger charge is 2.06. The van der Waals surface area contributed by atoms with Crippen molar-refractivity contribution in [3.63, 3.8) is 0 Å². The van der Waals surface area contributed by atoms with Crippen LogP contribution in [0.4, 0.5) is 11.4 Å². The minimum Gasteiger partial charge on any atom is -0.388 e. The smallest absolute Gasteiger partial charge is 0.139 e. The van der Waals surface area contributed by atoms with E-state index in [4.69, 9.17) is 0 Å². The van der Waals surface area contributed by atoms with Gasteiger partial charge in [-0.2, -0.15) is 0 Å². The van der Waals surface area contributed by atoms with Gasteiger partial charge in [-0.05, 0) is 19.1 Å². The molecule has 1 N–H and O–H groups in total. The second-order valence-corrected chi connectivity index (χ2v) is 8.96. The summed E-state index contributed by atoms with van der Waals surface area (Å²) >= 11 is 0. The molecule has 0 amide bonds. The number of rotatable bonds is 4. The van der Waals surface area contributed by atoms with Gasteiger partial charge in [-0.15, -0.1) is 0 Å². The predicted molar refractivity (Wildman–Crippen MR) is 150 cm³/mol. The SMILES string of the molecule is CN(C)c1ccn2cc(-c3ccccc3)nc2c1.CNc1ccn2cc(-c3ccc(C)cc3)nc2c1. The van der Waals surface area contributed by atoms with E-state index in [9.17, 15) is 0 Å². The van der Waals surface area contributed by atoms with Gasteiger partial charge in [-0.1, -0.05) is 60.2 Å². The Labute approximate surface area is 211 Å². The Hall–Kier alpha value is -4.58. The normalized spacial score (nSPS) is 10.8. The number of nitrogens with one attached hydrogen (secondary N) is 1. The number of aromatic nitrogens is 4. The number of imidazole rings is 2. The van der Waals surface area contributed by atoms with Crippen LogP contribution >= 0.6 is 0 Å². The fraction of sp³-hybridized carbons (Fsp3) is 0.133. The number of anilines is 2. The standard InChI is InChI=1S/2C15H15N3/c1-11-3-5-12(6-4-11)14-10-18-8-7-13(16-2)9-15(18)17-14;1-17(2)13-8-9-18-11-14(16-15(18)10-13)12-6-4-3-5-7-12/h3-10,16H,1-2H3;3-11H,1-2H3. The van der Waals surface area contributed by atoms with E-state index in [1.165, 1.54) is 5.56 Å². The van der Waals surface area contributed by atoms with E-state index in [1.54, 1.807) is 0 Å². The van der Waals surface area contributed by atoms with Crippen molar-refractivity contribution in [3.05, 3.63) is 109 Å². The van der Waals surface area contributed by atoms with Crippen molar-refractivity contribution in [3.8, 4) is 22.5 Å². The van der Waals surface area contributed by atoms with Gasteiger partial charge in [0.1, 0.15) is 11.3 Å². The molecule has 6 nitrogen and oxygen atoms in total. The lowest BCUT2D eigenvalue weighted by molar-refractivity contribution is 1.10. The Morgan fingerprint density at radius 2 is 1.28 bits per heavy atom. The Morgan fingerprint density at radius 1 is 0.694 bits per heavy atom. The van der Waals surface area contributed by atoms with Gasteiger partial charge in [0.25, 0.3) is 0 Å². The number of fused-ring (bicyclic) bond motifs is 2. The molecule has 0 saturated heterocycles. The van der Waals surface area contributed by atoms with Crippen LogP contribution in [-0.2, 0) is 0 Å². The molecule has 4 heterocycles. The average Bonchev–Trinajstić information content (AvgIpc) is 3.53. The van der Waals surface area contributed by atoms with E-state index in [0.717, 1.165) is 45.2 Å². The van der Waals surface area contributed by atoms with Gasteiger partial charge in [0.2, 0.25) is 0 Å². The molecule has 0 aliphatic carbocycles. The molecule has 6 heteroatoms. The summed E-state index contributed by atoms with van der Waals surface area (Å²) in [6.45, 7) is 2.09. The molecular formula is C30H30N6. The third-order valence-electron chi connectivity index (χ3n) is 6.13. The van der Waals surface area contributed by atoms with Gasteiger partial charge in [-0.3, -0.25) is 0 Å². The van der Waals surface area contributed by atoms with Crippen LogP contribution in [0.3, 0.4) is 0 Å². The predicted octanol–water partition coefficient (Wildman–Crippen LogP) is 6.42. The number of nitrogens with zero attached hydrogens (tertiary/aromatic N) is 5. The fourth-order valence-corrected chi connectivity index (χ4v) is 4.00. The number of benzene rings is 2. The zero-order valence-electron chi connectivity index (χ0n) is 21.1. The maximum Gasteiger partial charge on any atom is 0.139 e.